The second-order valence-electron chi connectivity index (χ2n) is 3.11. The zero-order chi connectivity index (χ0) is 10.1. The van der Waals surface area contributed by atoms with Crippen molar-refractivity contribution in [1.82, 2.24) is 4.98 Å². The Morgan fingerprint density at radius 1 is 1.21 bits per heavy atom. The van der Waals surface area contributed by atoms with Crippen molar-refractivity contribution >= 4 is 34.0 Å². The summed E-state index contributed by atoms with van der Waals surface area (Å²) in [6.07, 6.45) is 4.55. The van der Waals surface area contributed by atoms with E-state index in [1.54, 1.807) is 12.3 Å². The second kappa shape index (κ2) is 3.76. The van der Waals surface area contributed by atoms with E-state index in [4.69, 9.17) is 23.2 Å². The van der Waals surface area contributed by atoms with Crippen molar-refractivity contribution in [3.8, 4) is 0 Å². The Morgan fingerprint density at radius 3 is 2.71 bits per heavy atom. The maximum Gasteiger partial charge on any atom is 0.0674 e. The monoisotopic (exact) mass is 225 g/mol. The number of halogens is 2. The zero-order valence-corrected chi connectivity index (χ0v) is 9.23. The molecule has 3 heteroatoms. The van der Waals surface area contributed by atoms with Crippen molar-refractivity contribution in [2.24, 2.45) is 0 Å². The average molecular weight is 226 g/mol. The van der Waals surface area contributed by atoms with Gasteiger partial charge >= 0.3 is 0 Å². The highest BCUT2D eigenvalue weighted by molar-refractivity contribution is 6.45. The zero-order valence-electron chi connectivity index (χ0n) is 7.72. The fourth-order valence-electron chi connectivity index (χ4n) is 1.54. The molecule has 0 radical (unpaired) electrons. The van der Waals surface area contributed by atoms with Crippen molar-refractivity contribution < 1.29 is 0 Å². The molecule has 0 bridgehead atoms. The first-order chi connectivity index (χ1) is 6.74. The van der Waals surface area contributed by atoms with Gasteiger partial charge in [0.2, 0.25) is 0 Å². The van der Waals surface area contributed by atoms with Crippen LogP contribution in [0.25, 0.3) is 10.8 Å². The summed E-state index contributed by atoms with van der Waals surface area (Å²) in [5.41, 5.74) is 1.13. The molecule has 0 amide bonds. The summed E-state index contributed by atoms with van der Waals surface area (Å²) in [6, 6.07) is 3.74. The molecule has 0 saturated heterocycles. The number of rotatable bonds is 1. The van der Waals surface area contributed by atoms with Crippen LogP contribution in [0.3, 0.4) is 0 Å². The molecule has 0 atom stereocenters. The molecular formula is C11H9Cl2N. The molecule has 1 heterocycles. The predicted octanol–water partition coefficient (Wildman–Crippen LogP) is 4.10. The van der Waals surface area contributed by atoms with Gasteiger partial charge < -0.3 is 0 Å². The summed E-state index contributed by atoms with van der Waals surface area (Å²) in [5.74, 6) is 0. The highest BCUT2D eigenvalue weighted by atomic mass is 35.5. The number of hydrogen-bond donors (Lipinski definition) is 0. The summed E-state index contributed by atoms with van der Waals surface area (Å²) in [6.45, 7) is 2.08. The third-order valence-corrected chi connectivity index (χ3v) is 3.08. The third kappa shape index (κ3) is 1.47. The largest absolute Gasteiger partial charge is 0.264 e. The summed E-state index contributed by atoms with van der Waals surface area (Å²) in [7, 11) is 0. The van der Waals surface area contributed by atoms with Gasteiger partial charge in [0.15, 0.2) is 0 Å². The molecule has 0 aliphatic rings. The van der Waals surface area contributed by atoms with Crippen LogP contribution in [0.2, 0.25) is 10.0 Å². The second-order valence-corrected chi connectivity index (χ2v) is 3.90. The van der Waals surface area contributed by atoms with E-state index >= 15 is 0 Å². The van der Waals surface area contributed by atoms with E-state index in [1.165, 1.54) is 0 Å². The molecule has 72 valence electrons. The molecule has 1 aromatic heterocycles. The summed E-state index contributed by atoms with van der Waals surface area (Å²) in [5, 5.41) is 3.29. The van der Waals surface area contributed by atoms with Crippen LogP contribution in [0.15, 0.2) is 24.5 Å². The van der Waals surface area contributed by atoms with Gasteiger partial charge in [-0.15, -0.1) is 0 Å². The highest BCUT2D eigenvalue weighted by Crippen LogP contribution is 2.32. The fourth-order valence-corrected chi connectivity index (χ4v) is 1.99. The van der Waals surface area contributed by atoms with E-state index in [0.29, 0.717) is 10.0 Å². The number of aryl methyl sites for hydroxylation is 1. The van der Waals surface area contributed by atoms with Gasteiger partial charge in [0.25, 0.3) is 0 Å². The third-order valence-electron chi connectivity index (χ3n) is 2.27. The number of benzene rings is 1. The van der Waals surface area contributed by atoms with Crippen LogP contribution in [0.5, 0.6) is 0 Å². The molecule has 0 spiro atoms. The van der Waals surface area contributed by atoms with E-state index in [-0.39, 0.29) is 0 Å². The van der Waals surface area contributed by atoms with Gasteiger partial charge in [0.1, 0.15) is 0 Å². The standard InChI is InChI=1S/C11H9Cl2N/c1-2-7-5-14-6-8-3-4-9(12)11(13)10(7)8/h3-6H,2H2,1H3. The van der Waals surface area contributed by atoms with Gasteiger partial charge in [0.05, 0.1) is 10.0 Å². The Hall–Kier alpha value is -0.790. The van der Waals surface area contributed by atoms with Crippen molar-refractivity contribution in [2.45, 2.75) is 13.3 Å². The van der Waals surface area contributed by atoms with Gasteiger partial charge in [-0.1, -0.05) is 36.2 Å². The maximum absolute atomic E-state index is 6.15. The Balaban J connectivity index is 2.89. The van der Waals surface area contributed by atoms with Gasteiger partial charge in [-0.25, -0.2) is 0 Å². The lowest BCUT2D eigenvalue weighted by atomic mass is 10.1. The molecule has 0 aliphatic heterocycles. The Kier molecular flexibility index (Phi) is 2.62. The molecule has 1 nitrogen and oxygen atoms in total. The van der Waals surface area contributed by atoms with Gasteiger partial charge in [0, 0.05) is 23.2 Å². The highest BCUT2D eigenvalue weighted by Gasteiger charge is 2.07. The van der Waals surface area contributed by atoms with Gasteiger partial charge in [-0.3, -0.25) is 4.98 Å². The van der Waals surface area contributed by atoms with Crippen LogP contribution >= 0.6 is 23.2 Å². The first-order valence-corrected chi connectivity index (χ1v) is 5.20. The van der Waals surface area contributed by atoms with E-state index < -0.39 is 0 Å². The first-order valence-electron chi connectivity index (χ1n) is 4.44. The lowest BCUT2D eigenvalue weighted by Gasteiger charge is -2.06. The summed E-state index contributed by atoms with van der Waals surface area (Å²) in [4.78, 5) is 4.15. The fraction of sp³-hybridized carbons (Fsp3) is 0.182. The summed E-state index contributed by atoms with van der Waals surface area (Å²) >= 11 is 12.1. The van der Waals surface area contributed by atoms with Crippen molar-refractivity contribution in [3.63, 3.8) is 0 Å². The first kappa shape index (κ1) is 9.75. The van der Waals surface area contributed by atoms with Crippen LogP contribution in [0.1, 0.15) is 12.5 Å². The molecule has 1 aromatic carbocycles. The molecule has 2 rings (SSSR count). The van der Waals surface area contributed by atoms with E-state index in [2.05, 4.69) is 11.9 Å². The smallest absolute Gasteiger partial charge is 0.0674 e. The predicted molar refractivity (Wildman–Crippen MR) is 61.1 cm³/mol. The SMILES string of the molecule is CCc1cncc2ccc(Cl)c(Cl)c12. The maximum atomic E-state index is 6.15. The molecule has 0 unspecified atom stereocenters. The Labute approximate surface area is 92.7 Å². The van der Waals surface area contributed by atoms with E-state index in [9.17, 15) is 0 Å². The normalized spacial score (nSPS) is 10.8. The summed E-state index contributed by atoms with van der Waals surface area (Å²) < 4.78 is 0. The van der Waals surface area contributed by atoms with E-state index in [1.807, 2.05) is 12.3 Å². The van der Waals surface area contributed by atoms with Crippen LogP contribution in [-0.2, 0) is 6.42 Å². The lowest BCUT2D eigenvalue weighted by molar-refractivity contribution is 1.13. The van der Waals surface area contributed by atoms with Gasteiger partial charge in [-0.2, -0.15) is 0 Å². The molecule has 14 heavy (non-hydrogen) atoms. The molecule has 0 saturated carbocycles. The minimum absolute atomic E-state index is 0.597. The molecule has 0 aliphatic carbocycles. The topological polar surface area (TPSA) is 12.9 Å². The van der Waals surface area contributed by atoms with Crippen molar-refractivity contribution in [1.29, 1.82) is 0 Å². The van der Waals surface area contributed by atoms with Crippen molar-refractivity contribution in [2.75, 3.05) is 0 Å². The molecule has 0 fully saturated rings. The number of fused-ring (bicyclic) bond motifs is 1. The van der Waals surface area contributed by atoms with Crippen LogP contribution in [0.4, 0.5) is 0 Å². The quantitative estimate of drug-likeness (QED) is 0.713. The lowest BCUT2D eigenvalue weighted by Crippen LogP contribution is -1.87. The average Bonchev–Trinajstić information content (AvgIpc) is 2.23. The minimum atomic E-state index is 0.597. The number of hydrogen-bond acceptors (Lipinski definition) is 1. The molecule has 2 aromatic rings. The number of aromatic nitrogens is 1. The Morgan fingerprint density at radius 2 is 2.00 bits per heavy atom. The van der Waals surface area contributed by atoms with Crippen LogP contribution in [-0.4, -0.2) is 4.98 Å². The molecular weight excluding hydrogens is 217 g/mol. The number of pyridine rings is 1. The van der Waals surface area contributed by atoms with Crippen LogP contribution < -0.4 is 0 Å². The van der Waals surface area contributed by atoms with E-state index in [0.717, 1.165) is 22.8 Å². The molecule has 0 N–H and O–H groups in total. The Bertz CT molecular complexity index is 480. The van der Waals surface area contributed by atoms with Gasteiger partial charge in [-0.05, 0) is 18.1 Å². The number of nitrogens with zero attached hydrogens (tertiary/aromatic N) is 1. The van der Waals surface area contributed by atoms with Crippen LogP contribution in [0, 0.1) is 0 Å². The minimum Gasteiger partial charge on any atom is -0.264 e. The van der Waals surface area contributed by atoms with Crippen molar-refractivity contribution in [3.05, 3.63) is 40.1 Å².